The van der Waals surface area contributed by atoms with Crippen molar-refractivity contribution in [3.8, 4) is 5.75 Å². The number of nitrogens with zero attached hydrogens (tertiary/aromatic N) is 1. The van der Waals surface area contributed by atoms with Crippen molar-refractivity contribution < 1.29 is 13.5 Å². The number of hydrogen-bond donors (Lipinski definition) is 0. The van der Waals surface area contributed by atoms with Gasteiger partial charge in [0, 0.05) is 11.1 Å². The van der Waals surface area contributed by atoms with Gasteiger partial charge in [-0.05, 0) is 12.1 Å². The van der Waals surface area contributed by atoms with Crippen molar-refractivity contribution in [3.05, 3.63) is 24.0 Å². The highest BCUT2D eigenvalue weighted by Crippen LogP contribution is 2.22. The van der Waals surface area contributed by atoms with Crippen LogP contribution < -0.4 is 4.74 Å². The van der Waals surface area contributed by atoms with Gasteiger partial charge in [0.25, 0.3) is 0 Å². The van der Waals surface area contributed by atoms with E-state index in [-0.39, 0.29) is 11.2 Å². The Morgan fingerprint density at radius 1 is 1.29 bits per heavy atom. The van der Waals surface area contributed by atoms with Gasteiger partial charge in [0.05, 0.1) is 6.20 Å². The molecule has 0 N–H and O–H groups in total. The van der Waals surface area contributed by atoms with E-state index in [1.165, 1.54) is 12.3 Å². The summed E-state index contributed by atoms with van der Waals surface area (Å²) in [6, 6.07) is 3.19. The molecule has 0 spiro atoms. The zero-order valence-corrected chi connectivity index (χ0v) is 8.42. The predicted molar refractivity (Wildman–Crippen MR) is 49.6 cm³/mol. The molecule has 0 fully saturated rings. The third-order valence-corrected chi connectivity index (χ3v) is 1.73. The van der Waals surface area contributed by atoms with E-state index >= 15 is 0 Å². The number of aromatic nitrogens is 1. The maximum atomic E-state index is 11.8. The summed E-state index contributed by atoms with van der Waals surface area (Å²) < 4.78 is 27.8. The quantitative estimate of drug-likeness (QED) is 0.733. The van der Waals surface area contributed by atoms with Crippen LogP contribution in [-0.2, 0) is 5.41 Å². The highest BCUT2D eigenvalue weighted by molar-refractivity contribution is 5.23. The van der Waals surface area contributed by atoms with Crippen molar-refractivity contribution >= 4 is 0 Å². The van der Waals surface area contributed by atoms with Crippen LogP contribution >= 0.6 is 0 Å². The Kier molecular flexibility index (Phi) is 3.03. The van der Waals surface area contributed by atoms with Crippen LogP contribution in [0, 0.1) is 0 Å². The number of halogens is 2. The minimum absolute atomic E-state index is 0.0800. The lowest BCUT2D eigenvalue weighted by Gasteiger charge is -2.17. The lowest BCUT2D eigenvalue weighted by Crippen LogP contribution is -2.13. The molecule has 1 rings (SSSR count). The zero-order valence-electron chi connectivity index (χ0n) is 8.42. The molecule has 1 aromatic rings. The molecule has 0 saturated carbocycles. The fourth-order valence-corrected chi connectivity index (χ4v) is 0.997. The lowest BCUT2D eigenvalue weighted by atomic mass is 9.92. The van der Waals surface area contributed by atoms with E-state index in [4.69, 9.17) is 0 Å². The first-order valence-electron chi connectivity index (χ1n) is 4.31. The summed E-state index contributed by atoms with van der Waals surface area (Å²) in [4.78, 5) is 4.04. The van der Waals surface area contributed by atoms with Crippen LogP contribution in [-0.4, -0.2) is 11.6 Å². The summed E-state index contributed by atoms with van der Waals surface area (Å²) in [6.07, 6.45) is 1.31. The van der Waals surface area contributed by atoms with E-state index in [0.717, 1.165) is 5.69 Å². The van der Waals surface area contributed by atoms with Crippen LogP contribution in [0.25, 0.3) is 0 Å². The third-order valence-electron chi connectivity index (χ3n) is 1.73. The molecule has 0 unspecified atom stereocenters. The molecule has 0 amide bonds. The largest absolute Gasteiger partial charge is 0.433 e. The predicted octanol–water partition coefficient (Wildman–Crippen LogP) is 2.98. The van der Waals surface area contributed by atoms with E-state index in [9.17, 15) is 8.78 Å². The summed E-state index contributed by atoms with van der Waals surface area (Å²) >= 11 is 0. The molecule has 1 aromatic heterocycles. The molecule has 0 aliphatic rings. The second-order valence-electron chi connectivity index (χ2n) is 4.01. The number of hydrogen-bond acceptors (Lipinski definition) is 2. The lowest BCUT2D eigenvalue weighted by molar-refractivity contribution is -0.0501. The summed E-state index contributed by atoms with van der Waals surface area (Å²) in [5.41, 5.74) is 0.766. The van der Waals surface area contributed by atoms with Gasteiger partial charge in [-0.15, -0.1) is 0 Å². The molecule has 4 heteroatoms. The van der Waals surface area contributed by atoms with Crippen molar-refractivity contribution in [1.29, 1.82) is 0 Å². The molecular formula is C10H13F2NO. The Morgan fingerprint density at radius 3 is 2.29 bits per heavy atom. The smallest absolute Gasteiger partial charge is 0.387 e. The highest BCUT2D eigenvalue weighted by atomic mass is 19.3. The minimum atomic E-state index is -2.79. The van der Waals surface area contributed by atoms with E-state index in [1.807, 2.05) is 20.8 Å². The van der Waals surface area contributed by atoms with Gasteiger partial charge in [-0.1, -0.05) is 20.8 Å². The summed E-state index contributed by atoms with van der Waals surface area (Å²) in [6.45, 7) is 3.21. The Labute approximate surface area is 81.9 Å². The SMILES string of the molecule is CC(C)(C)c1ccc(OC(F)F)cn1. The van der Waals surface area contributed by atoms with Crippen LogP contribution in [0.3, 0.4) is 0 Å². The second-order valence-corrected chi connectivity index (χ2v) is 4.01. The molecule has 0 radical (unpaired) electrons. The van der Waals surface area contributed by atoms with Crippen molar-refractivity contribution in [3.63, 3.8) is 0 Å². The fraction of sp³-hybridized carbons (Fsp3) is 0.500. The average Bonchev–Trinajstić information content (AvgIpc) is 2.02. The van der Waals surface area contributed by atoms with Gasteiger partial charge < -0.3 is 4.74 Å². The van der Waals surface area contributed by atoms with Crippen molar-refractivity contribution in [1.82, 2.24) is 4.98 Å². The van der Waals surface area contributed by atoms with Crippen LogP contribution in [0.15, 0.2) is 18.3 Å². The molecule has 0 saturated heterocycles. The highest BCUT2D eigenvalue weighted by Gasteiger charge is 2.15. The molecule has 14 heavy (non-hydrogen) atoms. The summed E-state index contributed by atoms with van der Waals surface area (Å²) in [7, 11) is 0. The van der Waals surface area contributed by atoms with Crippen molar-refractivity contribution in [2.75, 3.05) is 0 Å². The number of alkyl halides is 2. The summed E-state index contributed by atoms with van der Waals surface area (Å²) in [5.74, 6) is 0.0907. The van der Waals surface area contributed by atoms with Crippen LogP contribution in [0.2, 0.25) is 0 Å². The Balaban J connectivity index is 2.79. The first kappa shape index (κ1) is 10.9. The monoisotopic (exact) mass is 201 g/mol. The number of pyridine rings is 1. The van der Waals surface area contributed by atoms with Gasteiger partial charge in [-0.3, -0.25) is 4.98 Å². The van der Waals surface area contributed by atoms with E-state index in [0.29, 0.717) is 0 Å². The molecule has 0 aliphatic heterocycles. The zero-order chi connectivity index (χ0) is 10.8. The standard InChI is InChI=1S/C10H13F2NO/c1-10(2,3)8-5-4-7(6-13-8)14-9(11)12/h4-6,9H,1-3H3. The molecular weight excluding hydrogens is 188 g/mol. The van der Waals surface area contributed by atoms with Crippen LogP contribution in [0.1, 0.15) is 26.5 Å². The van der Waals surface area contributed by atoms with Gasteiger partial charge in [0.2, 0.25) is 0 Å². The molecule has 0 bridgehead atoms. The van der Waals surface area contributed by atoms with Crippen LogP contribution in [0.5, 0.6) is 5.75 Å². The first-order chi connectivity index (χ1) is 6.39. The summed E-state index contributed by atoms with van der Waals surface area (Å²) in [5, 5.41) is 0. The minimum Gasteiger partial charge on any atom is -0.433 e. The van der Waals surface area contributed by atoms with Gasteiger partial charge in [0.1, 0.15) is 5.75 Å². The molecule has 0 aliphatic carbocycles. The van der Waals surface area contributed by atoms with E-state index in [2.05, 4.69) is 9.72 Å². The fourth-order valence-electron chi connectivity index (χ4n) is 0.997. The van der Waals surface area contributed by atoms with Gasteiger partial charge >= 0.3 is 6.61 Å². The first-order valence-corrected chi connectivity index (χ1v) is 4.31. The van der Waals surface area contributed by atoms with Crippen LogP contribution in [0.4, 0.5) is 8.78 Å². The molecule has 78 valence electrons. The number of rotatable bonds is 2. The molecule has 2 nitrogen and oxygen atoms in total. The van der Waals surface area contributed by atoms with Gasteiger partial charge in [-0.25, -0.2) is 0 Å². The Morgan fingerprint density at radius 2 is 1.93 bits per heavy atom. The normalized spacial score (nSPS) is 11.9. The average molecular weight is 201 g/mol. The van der Waals surface area contributed by atoms with Gasteiger partial charge in [-0.2, -0.15) is 8.78 Å². The van der Waals surface area contributed by atoms with Crippen molar-refractivity contribution in [2.45, 2.75) is 32.8 Å². The van der Waals surface area contributed by atoms with Gasteiger partial charge in [0.15, 0.2) is 0 Å². The molecule has 0 atom stereocenters. The second kappa shape index (κ2) is 3.90. The van der Waals surface area contributed by atoms with E-state index in [1.54, 1.807) is 6.07 Å². The Hall–Kier alpha value is -1.19. The maximum absolute atomic E-state index is 11.8. The third kappa shape index (κ3) is 2.94. The van der Waals surface area contributed by atoms with Crippen molar-refractivity contribution in [2.24, 2.45) is 0 Å². The number of ether oxygens (including phenoxy) is 1. The Bertz CT molecular complexity index is 290. The maximum Gasteiger partial charge on any atom is 0.387 e. The van der Waals surface area contributed by atoms with E-state index < -0.39 is 6.61 Å². The topological polar surface area (TPSA) is 22.1 Å². The molecule has 1 heterocycles. The molecule has 0 aromatic carbocycles.